The van der Waals surface area contributed by atoms with E-state index in [4.69, 9.17) is 9.47 Å². The molecule has 0 spiro atoms. The van der Waals surface area contributed by atoms with Crippen LogP contribution in [-0.2, 0) is 11.3 Å². The number of nitrogens with one attached hydrogen (secondary N) is 1. The van der Waals surface area contributed by atoms with Gasteiger partial charge in [0, 0.05) is 11.3 Å². The van der Waals surface area contributed by atoms with Gasteiger partial charge in [0.05, 0.1) is 14.2 Å². The van der Waals surface area contributed by atoms with Crippen LogP contribution in [0, 0.1) is 0 Å². The molecule has 0 aliphatic carbocycles. The van der Waals surface area contributed by atoms with Crippen LogP contribution in [0.1, 0.15) is 12.5 Å². The van der Waals surface area contributed by atoms with E-state index in [9.17, 15) is 4.79 Å². The second kappa shape index (κ2) is 8.56. The summed E-state index contributed by atoms with van der Waals surface area (Å²) in [4.78, 5) is 12.5. The number of hydrogen-bond acceptors (Lipinski definition) is 3. The lowest BCUT2D eigenvalue weighted by molar-refractivity contribution is -0.688. The van der Waals surface area contributed by atoms with Crippen molar-refractivity contribution in [1.82, 2.24) is 0 Å². The molecule has 0 aliphatic heterocycles. The maximum Gasteiger partial charge on any atom is 0.282 e. The average Bonchev–Trinajstić information content (AvgIpc) is 2.71. The van der Waals surface area contributed by atoms with E-state index in [2.05, 4.69) is 11.4 Å². The zero-order chi connectivity index (χ0) is 19.2. The van der Waals surface area contributed by atoms with Crippen molar-refractivity contribution in [1.29, 1.82) is 0 Å². The van der Waals surface area contributed by atoms with E-state index in [-0.39, 0.29) is 11.9 Å². The van der Waals surface area contributed by atoms with Crippen molar-refractivity contribution in [2.45, 2.75) is 19.5 Å². The highest BCUT2D eigenvalue weighted by atomic mass is 16.5. The minimum atomic E-state index is -0.218. The molecule has 3 N–H and O–H groups in total. The van der Waals surface area contributed by atoms with Gasteiger partial charge >= 0.3 is 0 Å². The third kappa shape index (κ3) is 4.57. The molecule has 0 heterocycles. The summed E-state index contributed by atoms with van der Waals surface area (Å²) in [6, 6.07) is 19.6. The first kappa shape index (κ1) is 18.7. The Balaban J connectivity index is 1.60. The van der Waals surface area contributed by atoms with Crippen LogP contribution in [0.4, 0.5) is 5.69 Å². The van der Waals surface area contributed by atoms with Crippen molar-refractivity contribution in [3.05, 3.63) is 66.2 Å². The van der Waals surface area contributed by atoms with Gasteiger partial charge in [-0.2, -0.15) is 0 Å². The fraction of sp³-hybridized carbons (Fsp3) is 0.227. The molecule has 3 aromatic rings. The molecule has 0 aromatic heterocycles. The van der Waals surface area contributed by atoms with Gasteiger partial charge in [0.1, 0.15) is 6.54 Å². The molecule has 3 aromatic carbocycles. The number of ether oxygens (including phenoxy) is 2. The van der Waals surface area contributed by atoms with E-state index in [1.165, 1.54) is 0 Å². The van der Waals surface area contributed by atoms with E-state index in [0.29, 0.717) is 18.0 Å². The highest BCUT2D eigenvalue weighted by Gasteiger charge is 2.16. The number of methoxy groups -OCH3 is 2. The predicted molar refractivity (Wildman–Crippen MR) is 107 cm³/mol. The lowest BCUT2D eigenvalue weighted by Gasteiger charge is -2.13. The van der Waals surface area contributed by atoms with Gasteiger partial charge in [0.15, 0.2) is 17.5 Å². The number of fused-ring (bicyclic) bond motifs is 1. The number of carbonyl (C=O) groups is 1. The van der Waals surface area contributed by atoms with Gasteiger partial charge in [-0.05, 0) is 48.0 Å². The molecule has 0 saturated heterocycles. The van der Waals surface area contributed by atoms with Crippen LogP contribution in [-0.4, -0.2) is 26.2 Å². The van der Waals surface area contributed by atoms with Gasteiger partial charge in [0.25, 0.3) is 5.91 Å². The molecule has 0 radical (unpaired) electrons. The third-order valence-electron chi connectivity index (χ3n) is 4.59. The number of nitrogens with two attached hydrogens (primary N) is 1. The van der Waals surface area contributed by atoms with Crippen LogP contribution < -0.4 is 20.1 Å². The van der Waals surface area contributed by atoms with Gasteiger partial charge in [-0.1, -0.05) is 30.3 Å². The third-order valence-corrected chi connectivity index (χ3v) is 4.59. The number of rotatable bonds is 7. The molecule has 5 heteroatoms. The predicted octanol–water partition coefficient (Wildman–Crippen LogP) is 2.95. The monoisotopic (exact) mass is 365 g/mol. The molecule has 3 rings (SSSR count). The average molecular weight is 365 g/mol. The van der Waals surface area contributed by atoms with E-state index < -0.39 is 0 Å². The summed E-state index contributed by atoms with van der Waals surface area (Å²) in [5.74, 6) is 1.37. The largest absolute Gasteiger partial charge is 0.493 e. The maximum atomic E-state index is 12.5. The minimum Gasteiger partial charge on any atom is -0.493 e. The Morgan fingerprint density at radius 1 is 0.963 bits per heavy atom. The molecular formula is C22H25N2O3+. The Hall–Kier alpha value is -3.05. The minimum absolute atomic E-state index is 0.0224. The highest BCUT2D eigenvalue weighted by Crippen LogP contribution is 2.27. The first-order valence-corrected chi connectivity index (χ1v) is 8.94. The summed E-state index contributed by atoms with van der Waals surface area (Å²) in [5.41, 5.74) is 1.88. The van der Waals surface area contributed by atoms with E-state index in [1.807, 2.05) is 66.8 Å². The van der Waals surface area contributed by atoms with Crippen molar-refractivity contribution in [2.75, 3.05) is 19.5 Å². The Morgan fingerprint density at radius 2 is 1.70 bits per heavy atom. The zero-order valence-corrected chi connectivity index (χ0v) is 15.9. The number of anilines is 1. The number of benzene rings is 3. The normalized spacial score (nSPS) is 11.8. The van der Waals surface area contributed by atoms with Crippen LogP contribution in [0.2, 0.25) is 0 Å². The second-order valence-corrected chi connectivity index (χ2v) is 6.47. The summed E-state index contributed by atoms with van der Waals surface area (Å²) >= 11 is 0. The SMILES string of the molecule is COc1ccc(C[NH2+][C@H](C)C(=O)Nc2ccc3ccccc3c2)cc1OC. The quantitative estimate of drug-likeness (QED) is 0.677. The number of amides is 1. The van der Waals surface area contributed by atoms with Crippen LogP contribution >= 0.6 is 0 Å². The fourth-order valence-electron chi connectivity index (χ4n) is 2.95. The van der Waals surface area contributed by atoms with E-state index >= 15 is 0 Å². The van der Waals surface area contributed by atoms with E-state index in [1.54, 1.807) is 14.2 Å². The van der Waals surface area contributed by atoms with Gasteiger partial charge in [-0.25, -0.2) is 0 Å². The van der Waals surface area contributed by atoms with Crippen molar-refractivity contribution < 1.29 is 19.6 Å². The lowest BCUT2D eigenvalue weighted by Crippen LogP contribution is -2.90. The summed E-state index contributed by atoms with van der Waals surface area (Å²) in [7, 11) is 3.23. The Kier molecular flexibility index (Phi) is 5.94. The summed E-state index contributed by atoms with van der Waals surface area (Å²) in [6.07, 6.45) is 0. The maximum absolute atomic E-state index is 12.5. The smallest absolute Gasteiger partial charge is 0.282 e. The van der Waals surface area contributed by atoms with Crippen LogP contribution in [0.25, 0.3) is 10.8 Å². The van der Waals surface area contributed by atoms with Crippen molar-refractivity contribution in [3.8, 4) is 11.5 Å². The summed E-state index contributed by atoms with van der Waals surface area (Å²) < 4.78 is 10.6. The molecule has 1 amide bonds. The second-order valence-electron chi connectivity index (χ2n) is 6.47. The van der Waals surface area contributed by atoms with Crippen LogP contribution in [0.5, 0.6) is 11.5 Å². The van der Waals surface area contributed by atoms with Crippen LogP contribution in [0.3, 0.4) is 0 Å². The topological polar surface area (TPSA) is 64.2 Å². The van der Waals surface area contributed by atoms with Crippen LogP contribution in [0.15, 0.2) is 60.7 Å². The molecule has 0 bridgehead atoms. The van der Waals surface area contributed by atoms with E-state index in [0.717, 1.165) is 22.0 Å². The van der Waals surface area contributed by atoms with Gasteiger partial charge < -0.3 is 20.1 Å². The molecule has 0 saturated carbocycles. The number of quaternary nitrogens is 1. The van der Waals surface area contributed by atoms with Crippen molar-refractivity contribution in [2.24, 2.45) is 0 Å². The molecular weight excluding hydrogens is 340 g/mol. The Labute approximate surface area is 159 Å². The molecule has 5 nitrogen and oxygen atoms in total. The lowest BCUT2D eigenvalue weighted by atomic mass is 10.1. The summed E-state index contributed by atoms with van der Waals surface area (Å²) in [6.45, 7) is 2.57. The zero-order valence-electron chi connectivity index (χ0n) is 15.9. The molecule has 27 heavy (non-hydrogen) atoms. The molecule has 140 valence electrons. The molecule has 1 atom stereocenters. The molecule has 0 unspecified atom stereocenters. The first-order valence-electron chi connectivity index (χ1n) is 8.94. The van der Waals surface area contributed by atoms with Gasteiger partial charge in [-0.3, -0.25) is 4.79 Å². The van der Waals surface area contributed by atoms with Gasteiger partial charge in [-0.15, -0.1) is 0 Å². The summed E-state index contributed by atoms with van der Waals surface area (Å²) in [5, 5.41) is 7.26. The Bertz CT molecular complexity index is 940. The number of carbonyl (C=O) groups excluding carboxylic acids is 1. The molecule has 0 aliphatic rings. The van der Waals surface area contributed by atoms with Crippen molar-refractivity contribution >= 4 is 22.4 Å². The fourth-order valence-corrected chi connectivity index (χ4v) is 2.95. The van der Waals surface area contributed by atoms with Gasteiger partial charge in [0.2, 0.25) is 0 Å². The highest BCUT2D eigenvalue weighted by molar-refractivity contribution is 5.96. The van der Waals surface area contributed by atoms with Crippen molar-refractivity contribution in [3.63, 3.8) is 0 Å². The number of hydrogen-bond donors (Lipinski definition) is 2. The first-order chi connectivity index (χ1) is 13.1. The standard InChI is InChI=1S/C22H24N2O3/c1-15(23-14-16-8-11-20(26-2)21(12-16)27-3)22(25)24-19-10-9-17-6-4-5-7-18(17)13-19/h4-13,15,23H,14H2,1-3H3,(H,24,25)/p+1/t15-/m1/s1. The molecule has 0 fully saturated rings. The Morgan fingerprint density at radius 3 is 2.44 bits per heavy atom.